The fraction of sp³-hybridized carbons (Fsp3) is 0.188. The Kier molecular flexibility index (Phi) is 3.79. The summed E-state index contributed by atoms with van der Waals surface area (Å²) < 4.78 is 0. The highest BCUT2D eigenvalue weighted by molar-refractivity contribution is 6.03. The third-order valence-electron chi connectivity index (χ3n) is 3.20. The number of benzene rings is 2. The van der Waals surface area contributed by atoms with E-state index in [0.717, 1.165) is 0 Å². The molecule has 2 atom stereocenters. The third-order valence-corrected chi connectivity index (χ3v) is 3.20. The number of carbonyl (C=O) groups is 1. The van der Waals surface area contributed by atoms with E-state index in [-0.39, 0.29) is 0 Å². The summed E-state index contributed by atoms with van der Waals surface area (Å²) in [6.45, 7) is 1.41. The van der Waals surface area contributed by atoms with Crippen LogP contribution in [0.2, 0.25) is 0 Å². The molecule has 3 heteroatoms. The van der Waals surface area contributed by atoms with Crippen molar-refractivity contribution in [3.05, 3.63) is 71.8 Å². The van der Waals surface area contributed by atoms with Crippen LogP contribution in [0, 0.1) is 0 Å². The van der Waals surface area contributed by atoms with E-state index < -0.39 is 17.5 Å². The molecule has 2 aromatic rings. The first kappa shape index (κ1) is 13.5. The van der Waals surface area contributed by atoms with Gasteiger partial charge in [-0.1, -0.05) is 60.7 Å². The van der Waals surface area contributed by atoms with Gasteiger partial charge in [0.1, 0.15) is 0 Å². The number of aliphatic hydroxyl groups is 2. The van der Waals surface area contributed by atoms with Gasteiger partial charge in [0.15, 0.2) is 5.60 Å². The van der Waals surface area contributed by atoms with Crippen LogP contribution in [0.4, 0.5) is 0 Å². The van der Waals surface area contributed by atoms with Crippen LogP contribution < -0.4 is 0 Å². The van der Waals surface area contributed by atoms with Crippen molar-refractivity contribution < 1.29 is 15.0 Å². The summed E-state index contributed by atoms with van der Waals surface area (Å²) in [4.78, 5) is 12.5. The Hall–Kier alpha value is -1.97. The average Bonchev–Trinajstić information content (AvgIpc) is 2.47. The maximum absolute atomic E-state index is 12.5. The number of hydrogen-bond acceptors (Lipinski definition) is 3. The van der Waals surface area contributed by atoms with Crippen LogP contribution in [-0.2, 0) is 5.60 Å². The van der Waals surface area contributed by atoms with Crippen LogP contribution >= 0.6 is 0 Å². The molecule has 2 unspecified atom stereocenters. The number of carbonyl (C=O) groups excluding carboxylic acids is 1. The van der Waals surface area contributed by atoms with Gasteiger partial charge in [-0.25, -0.2) is 0 Å². The summed E-state index contributed by atoms with van der Waals surface area (Å²) >= 11 is 0. The smallest absolute Gasteiger partial charge is 0.201 e. The number of aliphatic hydroxyl groups excluding tert-OH is 1. The Morgan fingerprint density at radius 1 is 1.00 bits per heavy atom. The Labute approximate surface area is 112 Å². The lowest BCUT2D eigenvalue weighted by atomic mass is 9.82. The number of ketones is 1. The van der Waals surface area contributed by atoms with Crippen molar-refractivity contribution in [1.82, 2.24) is 0 Å². The molecule has 2 aromatic carbocycles. The zero-order valence-electron chi connectivity index (χ0n) is 10.7. The zero-order valence-corrected chi connectivity index (χ0v) is 10.7. The summed E-state index contributed by atoms with van der Waals surface area (Å²) in [5.74, 6) is -0.505. The van der Waals surface area contributed by atoms with E-state index in [1.807, 2.05) is 0 Å². The summed E-state index contributed by atoms with van der Waals surface area (Å²) in [6, 6.07) is 17.0. The van der Waals surface area contributed by atoms with Gasteiger partial charge >= 0.3 is 0 Å². The number of hydrogen-bond donors (Lipinski definition) is 2. The van der Waals surface area contributed by atoms with E-state index in [0.29, 0.717) is 11.1 Å². The van der Waals surface area contributed by atoms with Crippen molar-refractivity contribution in [3.8, 4) is 0 Å². The lowest BCUT2D eigenvalue weighted by Gasteiger charge is -2.30. The number of Topliss-reactive ketones (excluding diaryl/α,β-unsaturated/α-hetero) is 1. The molecule has 0 aliphatic rings. The molecule has 0 aliphatic heterocycles. The lowest BCUT2D eigenvalue weighted by Crippen LogP contribution is -2.45. The van der Waals surface area contributed by atoms with E-state index in [1.165, 1.54) is 6.92 Å². The highest BCUT2D eigenvalue weighted by Gasteiger charge is 2.42. The van der Waals surface area contributed by atoms with Crippen LogP contribution in [0.5, 0.6) is 0 Å². The standard InChI is InChI=1S/C16H16O3/c1-12(17)16(19,14-10-6-3-7-11-14)15(18)13-8-4-2-5-9-13/h2-12,17,19H,1H3. The molecule has 2 rings (SSSR count). The average molecular weight is 256 g/mol. The fourth-order valence-electron chi connectivity index (χ4n) is 2.06. The maximum atomic E-state index is 12.5. The van der Waals surface area contributed by atoms with Crippen molar-refractivity contribution in [1.29, 1.82) is 0 Å². The predicted molar refractivity (Wildman–Crippen MR) is 72.8 cm³/mol. The van der Waals surface area contributed by atoms with E-state index in [9.17, 15) is 15.0 Å². The largest absolute Gasteiger partial charge is 0.390 e. The minimum Gasteiger partial charge on any atom is -0.390 e. The summed E-state index contributed by atoms with van der Waals surface area (Å²) in [5, 5.41) is 20.6. The number of rotatable bonds is 4. The van der Waals surface area contributed by atoms with Gasteiger partial charge in [0.2, 0.25) is 5.78 Å². The van der Waals surface area contributed by atoms with Crippen LogP contribution in [0.1, 0.15) is 22.8 Å². The normalized spacial score (nSPS) is 15.5. The molecule has 0 amide bonds. The second kappa shape index (κ2) is 5.34. The Morgan fingerprint density at radius 2 is 1.47 bits per heavy atom. The molecule has 3 nitrogen and oxygen atoms in total. The molecule has 0 aromatic heterocycles. The quantitative estimate of drug-likeness (QED) is 0.824. The summed E-state index contributed by atoms with van der Waals surface area (Å²) in [6.07, 6.45) is -1.21. The first-order chi connectivity index (χ1) is 9.06. The Balaban J connectivity index is 2.50. The third kappa shape index (κ3) is 2.43. The van der Waals surface area contributed by atoms with Crippen molar-refractivity contribution in [2.75, 3.05) is 0 Å². The molecule has 2 N–H and O–H groups in total. The second-order valence-corrected chi connectivity index (χ2v) is 4.50. The molecular formula is C16H16O3. The van der Waals surface area contributed by atoms with Crippen molar-refractivity contribution >= 4 is 5.78 Å². The van der Waals surface area contributed by atoms with Gasteiger partial charge in [0, 0.05) is 5.56 Å². The first-order valence-corrected chi connectivity index (χ1v) is 6.12. The SMILES string of the molecule is CC(O)C(O)(C(=O)c1ccccc1)c1ccccc1. The lowest BCUT2D eigenvalue weighted by molar-refractivity contribution is -0.0464. The molecule has 19 heavy (non-hydrogen) atoms. The van der Waals surface area contributed by atoms with E-state index in [1.54, 1.807) is 60.7 Å². The summed E-state index contributed by atoms with van der Waals surface area (Å²) in [5.41, 5.74) is -1.17. The molecule has 0 saturated carbocycles. The van der Waals surface area contributed by atoms with Gasteiger partial charge in [-0.15, -0.1) is 0 Å². The Morgan fingerprint density at radius 3 is 1.95 bits per heavy atom. The molecule has 0 radical (unpaired) electrons. The van der Waals surface area contributed by atoms with Crippen molar-refractivity contribution in [2.45, 2.75) is 18.6 Å². The van der Waals surface area contributed by atoms with Crippen LogP contribution in [-0.4, -0.2) is 22.1 Å². The Bertz CT molecular complexity index is 549. The van der Waals surface area contributed by atoms with E-state index in [2.05, 4.69) is 0 Å². The molecule has 0 heterocycles. The fourth-order valence-corrected chi connectivity index (χ4v) is 2.06. The molecule has 0 fully saturated rings. The first-order valence-electron chi connectivity index (χ1n) is 6.12. The molecule has 0 aliphatic carbocycles. The minimum atomic E-state index is -1.93. The van der Waals surface area contributed by atoms with Gasteiger partial charge in [-0.3, -0.25) is 4.79 Å². The highest BCUT2D eigenvalue weighted by Crippen LogP contribution is 2.29. The minimum absolute atomic E-state index is 0.370. The van der Waals surface area contributed by atoms with Crippen LogP contribution in [0.15, 0.2) is 60.7 Å². The van der Waals surface area contributed by atoms with Crippen LogP contribution in [0.25, 0.3) is 0 Å². The predicted octanol–water partition coefficient (Wildman–Crippen LogP) is 2.14. The maximum Gasteiger partial charge on any atom is 0.201 e. The van der Waals surface area contributed by atoms with Gasteiger partial charge in [-0.2, -0.15) is 0 Å². The zero-order chi connectivity index (χ0) is 13.9. The molecule has 0 spiro atoms. The van der Waals surface area contributed by atoms with E-state index in [4.69, 9.17) is 0 Å². The molecule has 98 valence electrons. The monoisotopic (exact) mass is 256 g/mol. The second-order valence-electron chi connectivity index (χ2n) is 4.50. The van der Waals surface area contributed by atoms with Crippen molar-refractivity contribution in [3.63, 3.8) is 0 Å². The van der Waals surface area contributed by atoms with Gasteiger partial charge in [-0.05, 0) is 12.5 Å². The molecule has 0 saturated heterocycles. The van der Waals surface area contributed by atoms with Gasteiger partial charge in [0.25, 0.3) is 0 Å². The van der Waals surface area contributed by atoms with Crippen LogP contribution in [0.3, 0.4) is 0 Å². The summed E-state index contributed by atoms with van der Waals surface area (Å²) in [7, 11) is 0. The highest BCUT2D eigenvalue weighted by atomic mass is 16.3. The van der Waals surface area contributed by atoms with Crippen molar-refractivity contribution in [2.24, 2.45) is 0 Å². The topological polar surface area (TPSA) is 57.5 Å². The molecular weight excluding hydrogens is 240 g/mol. The van der Waals surface area contributed by atoms with E-state index >= 15 is 0 Å². The molecule has 0 bridgehead atoms. The van der Waals surface area contributed by atoms with Gasteiger partial charge < -0.3 is 10.2 Å². The van der Waals surface area contributed by atoms with Gasteiger partial charge in [0.05, 0.1) is 6.10 Å².